The summed E-state index contributed by atoms with van der Waals surface area (Å²) in [7, 11) is -3.84. The molecule has 0 aliphatic heterocycles. The minimum absolute atomic E-state index is 0.0364. The van der Waals surface area contributed by atoms with Crippen molar-refractivity contribution in [3.05, 3.63) is 28.8 Å². The Morgan fingerprint density at radius 1 is 1.56 bits per heavy atom. The Morgan fingerprint density at radius 2 is 2.22 bits per heavy atom. The largest absolute Gasteiger partial charge is 0.395 e. The molecule has 2 N–H and O–H groups in total. The molecule has 0 aliphatic carbocycles. The third-order valence-corrected chi connectivity index (χ3v) is 4.39. The van der Waals surface area contributed by atoms with Gasteiger partial charge in [-0.3, -0.25) is 0 Å². The fraction of sp³-hybridized carbons (Fsp3) is 0.364. The Morgan fingerprint density at radius 3 is 2.72 bits per heavy atom. The molecule has 0 aliphatic rings. The number of benzene rings is 1. The van der Waals surface area contributed by atoms with Gasteiger partial charge in [0.1, 0.15) is 4.90 Å². The first-order valence-corrected chi connectivity index (χ1v) is 7.13. The number of hydrogen-bond acceptors (Lipinski definition) is 4. The first-order chi connectivity index (χ1) is 8.44. The van der Waals surface area contributed by atoms with Crippen molar-refractivity contribution in [2.45, 2.75) is 24.3 Å². The molecule has 0 radical (unpaired) electrons. The molecular formula is C11H13ClN2O3S. The van der Waals surface area contributed by atoms with Gasteiger partial charge in [0, 0.05) is 6.04 Å². The van der Waals surface area contributed by atoms with E-state index in [1.807, 2.05) is 6.07 Å². The Bertz CT molecular complexity index is 562. The van der Waals surface area contributed by atoms with E-state index in [0.717, 1.165) is 0 Å². The molecule has 0 unspecified atom stereocenters. The van der Waals surface area contributed by atoms with E-state index in [0.29, 0.717) is 6.42 Å². The second kappa shape index (κ2) is 6.16. The molecule has 98 valence electrons. The summed E-state index contributed by atoms with van der Waals surface area (Å²) in [6.45, 7) is 1.45. The van der Waals surface area contributed by atoms with E-state index in [1.54, 1.807) is 6.92 Å². The molecule has 0 spiro atoms. The van der Waals surface area contributed by atoms with Gasteiger partial charge in [0.25, 0.3) is 0 Å². The van der Waals surface area contributed by atoms with Crippen molar-refractivity contribution in [2.75, 3.05) is 6.61 Å². The van der Waals surface area contributed by atoms with Gasteiger partial charge in [-0.15, -0.1) is 0 Å². The van der Waals surface area contributed by atoms with Crippen LogP contribution in [0.3, 0.4) is 0 Å². The molecule has 1 atom stereocenters. The van der Waals surface area contributed by atoms with E-state index >= 15 is 0 Å². The van der Waals surface area contributed by atoms with Crippen LogP contribution < -0.4 is 4.72 Å². The van der Waals surface area contributed by atoms with Crippen LogP contribution in [0.15, 0.2) is 23.1 Å². The number of hydrogen-bond donors (Lipinski definition) is 2. The maximum atomic E-state index is 12.0. The van der Waals surface area contributed by atoms with Gasteiger partial charge < -0.3 is 5.11 Å². The van der Waals surface area contributed by atoms with Crippen LogP contribution in [0.4, 0.5) is 0 Å². The molecule has 0 bridgehead atoms. The van der Waals surface area contributed by atoms with Crippen molar-refractivity contribution in [1.82, 2.24) is 4.72 Å². The predicted molar refractivity (Wildman–Crippen MR) is 67.7 cm³/mol. The van der Waals surface area contributed by atoms with Crippen LogP contribution in [0, 0.1) is 11.3 Å². The van der Waals surface area contributed by atoms with Gasteiger partial charge in [-0.05, 0) is 24.6 Å². The molecular weight excluding hydrogens is 276 g/mol. The summed E-state index contributed by atoms with van der Waals surface area (Å²) < 4.78 is 26.4. The number of nitrogens with one attached hydrogen (secondary N) is 1. The number of sulfonamides is 1. The van der Waals surface area contributed by atoms with Crippen LogP contribution in [-0.4, -0.2) is 26.2 Å². The fourth-order valence-electron chi connectivity index (χ4n) is 1.31. The van der Waals surface area contributed by atoms with Crippen molar-refractivity contribution in [3.63, 3.8) is 0 Å². The van der Waals surface area contributed by atoms with Gasteiger partial charge in [0.2, 0.25) is 10.0 Å². The van der Waals surface area contributed by atoms with Crippen molar-refractivity contribution in [2.24, 2.45) is 0 Å². The van der Waals surface area contributed by atoms with Gasteiger partial charge in [-0.25, -0.2) is 13.1 Å². The lowest BCUT2D eigenvalue weighted by Gasteiger charge is -2.15. The lowest BCUT2D eigenvalue weighted by atomic mass is 10.2. The zero-order valence-electron chi connectivity index (χ0n) is 9.72. The molecule has 7 heteroatoms. The van der Waals surface area contributed by atoms with E-state index in [9.17, 15) is 8.42 Å². The zero-order chi connectivity index (χ0) is 13.8. The maximum absolute atomic E-state index is 12.0. The third kappa shape index (κ3) is 3.43. The molecule has 0 saturated carbocycles. The van der Waals surface area contributed by atoms with Gasteiger partial charge in [-0.2, -0.15) is 5.26 Å². The van der Waals surface area contributed by atoms with E-state index in [1.165, 1.54) is 18.2 Å². The molecule has 5 nitrogen and oxygen atoms in total. The standard InChI is InChI=1S/C11H13ClN2O3S/c1-2-9(7-15)14-18(16,17)11-5-8(6-13)3-4-10(11)12/h3-5,9,14-15H,2,7H2,1H3/t9-/m1/s1. The average Bonchev–Trinajstić information content (AvgIpc) is 2.36. The van der Waals surface area contributed by atoms with E-state index in [2.05, 4.69) is 4.72 Å². The number of rotatable bonds is 5. The lowest BCUT2D eigenvalue weighted by molar-refractivity contribution is 0.254. The van der Waals surface area contributed by atoms with E-state index < -0.39 is 16.1 Å². The maximum Gasteiger partial charge on any atom is 0.242 e. The van der Waals surface area contributed by atoms with Crippen molar-refractivity contribution in [3.8, 4) is 6.07 Å². The molecule has 0 fully saturated rings. The highest BCUT2D eigenvalue weighted by Crippen LogP contribution is 2.22. The summed E-state index contributed by atoms with van der Waals surface area (Å²) in [5.41, 5.74) is 0.205. The number of aliphatic hydroxyl groups excluding tert-OH is 1. The molecule has 0 heterocycles. The Hall–Kier alpha value is -1.13. The normalized spacial score (nSPS) is 13.0. The smallest absolute Gasteiger partial charge is 0.242 e. The number of nitriles is 1. The Kier molecular flexibility index (Phi) is 5.11. The van der Waals surface area contributed by atoms with Gasteiger partial charge in [0.15, 0.2) is 0 Å². The van der Waals surface area contributed by atoms with Crippen molar-refractivity contribution in [1.29, 1.82) is 5.26 Å². The fourth-order valence-corrected chi connectivity index (χ4v) is 3.15. The molecule has 0 aromatic heterocycles. The molecule has 1 rings (SSSR count). The van der Waals surface area contributed by atoms with Crippen molar-refractivity contribution >= 4 is 21.6 Å². The van der Waals surface area contributed by atoms with E-state index in [-0.39, 0.29) is 22.1 Å². The quantitative estimate of drug-likeness (QED) is 0.853. The summed E-state index contributed by atoms with van der Waals surface area (Å²) in [6, 6.07) is 5.27. The van der Waals surface area contributed by atoms with Crippen molar-refractivity contribution < 1.29 is 13.5 Å². The van der Waals surface area contributed by atoms with Crippen LogP contribution in [0.5, 0.6) is 0 Å². The average molecular weight is 289 g/mol. The topological polar surface area (TPSA) is 90.2 Å². The first-order valence-electron chi connectivity index (χ1n) is 5.27. The van der Waals surface area contributed by atoms with Crippen LogP contribution >= 0.6 is 11.6 Å². The monoisotopic (exact) mass is 288 g/mol. The summed E-state index contributed by atoms with van der Waals surface area (Å²) in [5, 5.41) is 17.8. The van der Waals surface area contributed by atoms with Gasteiger partial charge in [-0.1, -0.05) is 18.5 Å². The van der Waals surface area contributed by atoms with E-state index in [4.69, 9.17) is 22.0 Å². The van der Waals surface area contributed by atoms with Gasteiger partial charge >= 0.3 is 0 Å². The van der Waals surface area contributed by atoms with Crippen LogP contribution in [0.2, 0.25) is 5.02 Å². The summed E-state index contributed by atoms with van der Waals surface area (Å²) >= 11 is 5.82. The summed E-state index contributed by atoms with van der Waals surface area (Å²) in [6.07, 6.45) is 0.450. The van der Waals surface area contributed by atoms with Crippen LogP contribution in [-0.2, 0) is 10.0 Å². The second-order valence-corrected chi connectivity index (χ2v) is 5.76. The van der Waals surface area contributed by atoms with Crippen LogP contribution in [0.1, 0.15) is 18.9 Å². The minimum atomic E-state index is -3.84. The molecule has 18 heavy (non-hydrogen) atoms. The predicted octanol–water partition coefficient (Wildman–Crippen LogP) is 1.26. The second-order valence-electron chi connectivity index (χ2n) is 3.67. The molecule has 1 aromatic rings. The Labute approximate surface area is 111 Å². The SMILES string of the molecule is CC[C@H](CO)NS(=O)(=O)c1cc(C#N)ccc1Cl. The highest BCUT2D eigenvalue weighted by atomic mass is 35.5. The highest BCUT2D eigenvalue weighted by molar-refractivity contribution is 7.89. The molecule has 1 aromatic carbocycles. The Balaban J connectivity index is 3.16. The zero-order valence-corrected chi connectivity index (χ0v) is 11.3. The summed E-state index contributed by atoms with van der Waals surface area (Å²) in [5.74, 6) is 0. The molecule has 0 amide bonds. The van der Waals surface area contributed by atoms with Gasteiger partial charge in [0.05, 0.1) is 23.3 Å². The minimum Gasteiger partial charge on any atom is -0.395 e. The lowest BCUT2D eigenvalue weighted by Crippen LogP contribution is -2.37. The third-order valence-electron chi connectivity index (χ3n) is 2.38. The molecule has 0 saturated heterocycles. The first kappa shape index (κ1) is 14.9. The number of halogens is 1. The highest BCUT2D eigenvalue weighted by Gasteiger charge is 2.21. The number of nitrogens with zero attached hydrogens (tertiary/aromatic N) is 1. The van der Waals surface area contributed by atoms with Crippen LogP contribution in [0.25, 0.3) is 0 Å². The summed E-state index contributed by atoms with van der Waals surface area (Å²) in [4.78, 5) is -0.157. The number of aliphatic hydroxyl groups is 1.